The number of rotatable bonds is 3. The number of pyridine rings is 1. The predicted molar refractivity (Wildman–Crippen MR) is 90.2 cm³/mol. The molecule has 0 spiro atoms. The van der Waals surface area contributed by atoms with Gasteiger partial charge in [-0.15, -0.1) is 10.2 Å². The molecule has 1 fully saturated rings. The molecule has 126 valence electrons. The number of fused-ring (bicyclic) bond motifs is 1. The van der Waals surface area contributed by atoms with Crippen LogP contribution in [0.4, 0.5) is 5.82 Å². The molecule has 0 saturated carbocycles. The minimum Gasteiger partial charge on any atom is -0.356 e. The first-order chi connectivity index (χ1) is 11.8. The Morgan fingerprint density at radius 2 is 2.08 bits per heavy atom. The highest BCUT2D eigenvalue weighted by Gasteiger charge is 2.29. The van der Waals surface area contributed by atoms with Crippen LogP contribution < -0.4 is 10.2 Å². The number of anilines is 1. The van der Waals surface area contributed by atoms with Crippen LogP contribution in [-0.2, 0) is 13.0 Å². The average Bonchev–Trinajstić information content (AvgIpc) is 3.25. The van der Waals surface area contributed by atoms with Gasteiger partial charge in [-0.05, 0) is 31.4 Å². The summed E-state index contributed by atoms with van der Waals surface area (Å²) in [6.07, 6.45) is 6.01. The van der Waals surface area contributed by atoms with Crippen molar-refractivity contribution in [2.45, 2.75) is 38.1 Å². The number of nitrogens with zero attached hydrogens (tertiary/aromatic N) is 5. The maximum absolute atomic E-state index is 12.1. The Hall–Kier alpha value is -2.44. The Labute approximate surface area is 141 Å². The van der Waals surface area contributed by atoms with E-state index in [1.165, 1.54) is 6.42 Å². The molecule has 4 rings (SSSR count). The second kappa shape index (κ2) is 6.22. The van der Waals surface area contributed by atoms with E-state index in [0.717, 1.165) is 56.4 Å². The molecular weight excluding hydrogens is 304 g/mol. The largest absolute Gasteiger partial charge is 0.356 e. The highest BCUT2D eigenvalue weighted by Crippen LogP contribution is 2.31. The monoisotopic (exact) mass is 326 g/mol. The zero-order valence-corrected chi connectivity index (χ0v) is 13.9. The molecule has 0 radical (unpaired) electrons. The minimum absolute atomic E-state index is 0.0875. The molecule has 0 atom stereocenters. The van der Waals surface area contributed by atoms with Crippen molar-refractivity contribution in [3.8, 4) is 0 Å². The molecule has 7 heteroatoms. The van der Waals surface area contributed by atoms with Gasteiger partial charge in [0.25, 0.3) is 5.91 Å². The second-order valence-electron chi connectivity index (χ2n) is 6.44. The minimum atomic E-state index is -0.0875. The van der Waals surface area contributed by atoms with Crippen molar-refractivity contribution in [1.29, 1.82) is 0 Å². The zero-order valence-electron chi connectivity index (χ0n) is 13.9. The molecular formula is C17H22N6O. The first-order valence-electron chi connectivity index (χ1n) is 8.62. The number of hydrogen-bond donors (Lipinski definition) is 1. The van der Waals surface area contributed by atoms with Crippen LogP contribution >= 0.6 is 0 Å². The standard InChI is InChI=1S/C17H22N6O/c1-18-17(24)13-4-2-8-19-16(13)22-10-6-12(7-11-22)15-21-20-14-5-3-9-23(14)15/h2,4,8,12H,3,5-7,9-11H2,1H3,(H,18,24). The van der Waals surface area contributed by atoms with E-state index in [2.05, 4.69) is 30.0 Å². The van der Waals surface area contributed by atoms with E-state index in [1.54, 1.807) is 19.3 Å². The number of amides is 1. The Balaban J connectivity index is 1.50. The van der Waals surface area contributed by atoms with Gasteiger partial charge < -0.3 is 14.8 Å². The second-order valence-corrected chi connectivity index (χ2v) is 6.44. The van der Waals surface area contributed by atoms with Gasteiger partial charge in [0.2, 0.25) is 0 Å². The van der Waals surface area contributed by atoms with Crippen molar-refractivity contribution in [1.82, 2.24) is 25.1 Å². The Morgan fingerprint density at radius 1 is 1.25 bits per heavy atom. The summed E-state index contributed by atoms with van der Waals surface area (Å²) in [4.78, 5) is 18.7. The van der Waals surface area contributed by atoms with Crippen LogP contribution in [0, 0.1) is 0 Å². The first kappa shape index (κ1) is 15.1. The summed E-state index contributed by atoms with van der Waals surface area (Å²) in [7, 11) is 1.65. The lowest BCUT2D eigenvalue weighted by molar-refractivity contribution is 0.0963. The number of carbonyl (C=O) groups is 1. The fourth-order valence-electron chi connectivity index (χ4n) is 3.79. The number of piperidine rings is 1. The molecule has 2 aliphatic heterocycles. The van der Waals surface area contributed by atoms with Gasteiger partial charge in [0.1, 0.15) is 17.5 Å². The molecule has 24 heavy (non-hydrogen) atoms. The molecule has 1 saturated heterocycles. The van der Waals surface area contributed by atoms with Crippen LogP contribution in [-0.4, -0.2) is 45.8 Å². The summed E-state index contributed by atoms with van der Waals surface area (Å²) in [5.41, 5.74) is 0.641. The summed E-state index contributed by atoms with van der Waals surface area (Å²) in [5, 5.41) is 11.5. The quantitative estimate of drug-likeness (QED) is 0.922. The lowest BCUT2D eigenvalue weighted by atomic mass is 9.95. The van der Waals surface area contributed by atoms with Crippen molar-refractivity contribution in [3.05, 3.63) is 35.5 Å². The van der Waals surface area contributed by atoms with Crippen LogP contribution in [0.15, 0.2) is 18.3 Å². The highest BCUT2D eigenvalue weighted by atomic mass is 16.1. The molecule has 2 aromatic heterocycles. The summed E-state index contributed by atoms with van der Waals surface area (Å²) in [6.45, 7) is 2.82. The van der Waals surface area contributed by atoms with Gasteiger partial charge in [-0.3, -0.25) is 4.79 Å². The van der Waals surface area contributed by atoms with Crippen molar-refractivity contribution in [3.63, 3.8) is 0 Å². The van der Waals surface area contributed by atoms with Gasteiger partial charge in [0.05, 0.1) is 5.56 Å². The molecule has 1 N–H and O–H groups in total. The van der Waals surface area contributed by atoms with Crippen molar-refractivity contribution in [2.24, 2.45) is 0 Å². The summed E-state index contributed by atoms with van der Waals surface area (Å²) >= 11 is 0. The number of carbonyl (C=O) groups excluding carboxylic acids is 1. The number of nitrogens with one attached hydrogen (secondary N) is 1. The average molecular weight is 326 g/mol. The maximum Gasteiger partial charge on any atom is 0.254 e. The zero-order chi connectivity index (χ0) is 16.5. The van der Waals surface area contributed by atoms with Crippen molar-refractivity contribution < 1.29 is 4.79 Å². The van der Waals surface area contributed by atoms with Gasteiger partial charge in [0.15, 0.2) is 0 Å². The van der Waals surface area contributed by atoms with E-state index >= 15 is 0 Å². The van der Waals surface area contributed by atoms with Gasteiger partial charge in [-0.25, -0.2) is 4.98 Å². The van der Waals surface area contributed by atoms with E-state index in [9.17, 15) is 4.79 Å². The molecule has 0 aromatic carbocycles. The third-order valence-corrected chi connectivity index (χ3v) is 5.06. The third kappa shape index (κ3) is 2.53. The molecule has 0 aliphatic carbocycles. The Kier molecular flexibility index (Phi) is 3.92. The van der Waals surface area contributed by atoms with Crippen LogP contribution in [0.1, 0.15) is 47.2 Å². The molecule has 7 nitrogen and oxygen atoms in total. The van der Waals surface area contributed by atoms with E-state index in [4.69, 9.17) is 0 Å². The number of aromatic nitrogens is 4. The smallest absolute Gasteiger partial charge is 0.254 e. The summed E-state index contributed by atoms with van der Waals surface area (Å²) in [6, 6.07) is 3.64. The SMILES string of the molecule is CNC(=O)c1cccnc1N1CCC(c2nnc3n2CCC3)CC1. The lowest BCUT2D eigenvalue weighted by Crippen LogP contribution is -2.36. The van der Waals surface area contributed by atoms with Crippen LogP contribution in [0.5, 0.6) is 0 Å². The van der Waals surface area contributed by atoms with Crippen molar-refractivity contribution in [2.75, 3.05) is 25.0 Å². The molecule has 0 unspecified atom stereocenters. The Morgan fingerprint density at radius 3 is 2.88 bits per heavy atom. The maximum atomic E-state index is 12.1. The topological polar surface area (TPSA) is 75.9 Å². The van der Waals surface area contributed by atoms with Crippen LogP contribution in [0.2, 0.25) is 0 Å². The normalized spacial score (nSPS) is 17.8. The van der Waals surface area contributed by atoms with E-state index in [1.807, 2.05) is 6.07 Å². The third-order valence-electron chi connectivity index (χ3n) is 5.06. The van der Waals surface area contributed by atoms with Gasteiger partial charge in [0, 0.05) is 45.2 Å². The van der Waals surface area contributed by atoms with Crippen molar-refractivity contribution >= 4 is 11.7 Å². The lowest BCUT2D eigenvalue weighted by Gasteiger charge is -2.33. The van der Waals surface area contributed by atoms with Crippen LogP contribution in [0.25, 0.3) is 0 Å². The highest BCUT2D eigenvalue weighted by molar-refractivity contribution is 5.98. The summed E-state index contributed by atoms with van der Waals surface area (Å²) in [5.74, 6) is 3.43. The molecule has 1 amide bonds. The number of aryl methyl sites for hydroxylation is 1. The fraction of sp³-hybridized carbons (Fsp3) is 0.529. The number of hydrogen-bond acceptors (Lipinski definition) is 5. The fourth-order valence-corrected chi connectivity index (χ4v) is 3.79. The van der Waals surface area contributed by atoms with Gasteiger partial charge in [-0.2, -0.15) is 0 Å². The Bertz CT molecular complexity index is 747. The molecule has 2 aromatic rings. The van der Waals surface area contributed by atoms with E-state index < -0.39 is 0 Å². The predicted octanol–water partition coefficient (Wildman–Crippen LogP) is 1.36. The molecule has 0 bridgehead atoms. The summed E-state index contributed by atoms with van der Waals surface area (Å²) < 4.78 is 2.30. The van der Waals surface area contributed by atoms with E-state index in [-0.39, 0.29) is 5.91 Å². The van der Waals surface area contributed by atoms with Gasteiger partial charge in [-0.1, -0.05) is 0 Å². The first-order valence-corrected chi connectivity index (χ1v) is 8.62. The van der Waals surface area contributed by atoms with Gasteiger partial charge >= 0.3 is 0 Å². The van der Waals surface area contributed by atoms with E-state index in [0.29, 0.717) is 11.5 Å². The molecule has 4 heterocycles. The molecule has 2 aliphatic rings. The van der Waals surface area contributed by atoms with Crippen LogP contribution in [0.3, 0.4) is 0 Å².